The van der Waals surface area contributed by atoms with Gasteiger partial charge in [-0.3, -0.25) is 5.10 Å². The monoisotopic (exact) mass is 334 g/mol. The van der Waals surface area contributed by atoms with Gasteiger partial charge in [0, 0.05) is 15.6 Å². The normalized spacial score (nSPS) is 10.8. The lowest BCUT2D eigenvalue weighted by Crippen LogP contribution is -1.82. The number of rotatable bonds is 2. The highest BCUT2D eigenvalue weighted by molar-refractivity contribution is 9.10. The summed E-state index contributed by atoms with van der Waals surface area (Å²) >= 11 is 3.32. The van der Waals surface area contributed by atoms with Gasteiger partial charge in [-0.05, 0) is 64.5 Å². The van der Waals surface area contributed by atoms with E-state index in [1.165, 1.54) is 24.3 Å². The number of hydrogen-bond donors (Lipinski definition) is 1. The summed E-state index contributed by atoms with van der Waals surface area (Å²) in [6.45, 7) is 0. The summed E-state index contributed by atoms with van der Waals surface area (Å²) < 4.78 is 26.6. The molecule has 0 radical (unpaired) electrons. The molecule has 0 aliphatic heterocycles. The second-order valence-electron chi connectivity index (χ2n) is 4.30. The number of nitrogens with one attached hydrogen (secondary N) is 1. The Labute approximate surface area is 122 Å². The van der Waals surface area contributed by atoms with Gasteiger partial charge >= 0.3 is 0 Å². The van der Waals surface area contributed by atoms with Crippen LogP contribution in [0.1, 0.15) is 0 Å². The first-order chi connectivity index (χ1) is 9.63. The Morgan fingerprint density at radius 3 is 2.30 bits per heavy atom. The van der Waals surface area contributed by atoms with Gasteiger partial charge in [0.15, 0.2) is 0 Å². The molecule has 0 amide bonds. The highest BCUT2D eigenvalue weighted by Gasteiger charge is 2.09. The van der Waals surface area contributed by atoms with Gasteiger partial charge in [0.25, 0.3) is 0 Å². The average molecular weight is 335 g/mol. The van der Waals surface area contributed by atoms with Crippen LogP contribution in [-0.4, -0.2) is 10.2 Å². The summed E-state index contributed by atoms with van der Waals surface area (Å²) in [5.41, 5.74) is 3.09. The van der Waals surface area contributed by atoms with Gasteiger partial charge in [0.05, 0.1) is 11.4 Å². The first kappa shape index (κ1) is 13.0. The van der Waals surface area contributed by atoms with Crippen molar-refractivity contribution in [3.8, 4) is 22.5 Å². The molecule has 3 rings (SSSR count). The van der Waals surface area contributed by atoms with Crippen molar-refractivity contribution in [1.29, 1.82) is 0 Å². The molecule has 3 aromatic rings. The summed E-state index contributed by atoms with van der Waals surface area (Å²) in [5.74, 6) is -0.593. The average Bonchev–Trinajstić information content (AvgIpc) is 2.89. The van der Waals surface area contributed by atoms with E-state index in [9.17, 15) is 8.78 Å². The van der Waals surface area contributed by atoms with Gasteiger partial charge in [0.2, 0.25) is 0 Å². The van der Waals surface area contributed by atoms with Crippen LogP contribution in [0.5, 0.6) is 0 Å². The van der Waals surface area contributed by atoms with E-state index in [0.29, 0.717) is 10.2 Å². The van der Waals surface area contributed by atoms with Gasteiger partial charge in [-0.25, -0.2) is 8.78 Å². The molecular formula is C15H9BrF2N2. The van der Waals surface area contributed by atoms with Crippen LogP contribution in [-0.2, 0) is 0 Å². The third kappa shape index (κ3) is 2.49. The molecule has 0 saturated carbocycles. The highest BCUT2D eigenvalue weighted by atomic mass is 79.9. The molecule has 0 unspecified atom stereocenters. The summed E-state index contributed by atoms with van der Waals surface area (Å²) in [5, 5.41) is 7.09. The van der Waals surface area contributed by atoms with Gasteiger partial charge < -0.3 is 0 Å². The lowest BCUT2D eigenvalue weighted by Gasteiger charge is -2.00. The number of nitrogens with zero attached hydrogens (tertiary/aromatic N) is 1. The molecule has 0 spiro atoms. The Balaban J connectivity index is 1.99. The molecule has 0 aliphatic carbocycles. The Morgan fingerprint density at radius 2 is 1.60 bits per heavy atom. The third-order valence-corrected chi connectivity index (χ3v) is 3.60. The van der Waals surface area contributed by atoms with Crippen molar-refractivity contribution < 1.29 is 8.78 Å². The summed E-state index contributed by atoms with van der Waals surface area (Å²) in [6, 6.07) is 12.4. The fraction of sp³-hybridized carbons (Fsp3) is 0. The standard InChI is InChI=1S/C15H9BrF2N2/c16-13-7-11(18)5-6-12(13)15-8-14(19-20-15)9-1-3-10(17)4-2-9/h1-8H,(H,19,20). The van der Waals surface area contributed by atoms with E-state index in [4.69, 9.17) is 0 Å². The van der Waals surface area contributed by atoms with Crippen LogP contribution in [0.2, 0.25) is 0 Å². The smallest absolute Gasteiger partial charge is 0.124 e. The number of hydrogen-bond acceptors (Lipinski definition) is 1. The molecule has 0 bridgehead atoms. The molecule has 100 valence electrons. The third-order valence-electron chi connectivity index (χ3n) is 2.94. The highest BCUT2D eigenvalue weighted by Crippen LogP contribution is 2.30. The first-order valence-electron chi connectivity index (χ1n) is 5.90. The zero-order valence-corrected chi connectivity index (χ0v) is 11.8. The SMILES string of the molecule is Fc1ccc(-c2cc(-c3ccc(F)cc3Br)[nH]n2)cc1. The number of aromatic amines is 1. The molecule has 20 heavy (non-hydrogen) atoms. The number of H-pyrrole nitrogens is 1. The van der Waals surface area contributed by atoms with Gasteiger partial charge in [0.1, 0.15) is 11.6 Å². The largest absolute Gasteiger partial charge is 0.277 e. The number of halogens is 3. The minimum Gasteiger partial charge on any atom is -0.277 e. The maximum atomic E-state index is 13.1. The Kier molecular flexibility index (Phi) is 3.36. The van der Waals surface area contributed by atoms with Gasteiger partial charge in [-0.1, -0.05) is 0 Å². The zero-order chi connectivity index (χ0) is 14.1. The number of benzene rings is 2. The van der Waals surface area contributed by atoms with Crippen LogP contribution >= 0.6 is 15.9 Å². The van der Waals surface area contributed by atoms with E-state index in [1.54, 1.807) is 18.2 Å². The fourth-order valence-corrected chi connectivity index (χ4v) is 2.50. The Hall–Kier alpha value is -2.01. The van der Waals surface area contributed by atoms with Gasteiger partial charge in [-0.15, -0.1) is 0 Å². The molecule has 1 heterocycles. The molecule has 1 aromatic heterocycles. The summed E-state index contributed by atoms with van der Waals surface area (Å²) in [7, 11) is 0. The van der Waals surface area contributed by atoms with Crippen LogP contribution in [0.15, 0.2) is 53.0 Å². The first-order valence-corrected chi connectivity index (χ1v) is 6.69. The van der Waals surface area contributed by atoms with E-state index in [0.717, 1.165) is 16.8 Å². The maximum absolute atomic E-state index is 13.1. The van der Waals surface area contributed by atoms with E-state index >= 15 is 0 Å². The zero-order valence-electron chi connectivity index (χ0n) is 10.2. The van der Waals surface area contributed by atoms with Crippen LogP contribution in [0.3, 0.4) is 0 Å². The molecule has 0 saturated heterocycles. The van der Waals surface area contributed by atoms with Crippen LogP contribution in [0, 0.1) is 11.6 Å². The number of aromatic nitrogens is 2. The van der Waals surface area contributed by atoms with Crippen molar-refractivity contribution in [3.63, 3.8) is 0 Å². The Morgan fingerprint density at radius 1 is 0.900 bits per heavy atom. The Bertz CT molecular complexity index is 751. The lowest BCUT2D eigenvalue weighted by atomic mass is 10.1. The fourth-order valence-electron chi connectivity index (χ4n) is 1.94. The van der Waals surface area contributed by atoms with Crippen LogP contribution in [0.4, 0.5) is 8.78 Å². The summed E-state index contributed by atoms with van der Waals surface area (Å²) in [4.78, 5) is 0. The van der Waals surface area contributed by atoms with Crippen molar-refractivity contribution >= 4 is 15.9 Å². The minimum atomic E-state index is -0.307. The topological polar surface area (TPSA) is 28.7 Å². The van der Waals surface area contributed by atoms with Crippen molar-refractivity contribution in [1.82, 2.24) is 10.2 Å². The molecule has 5 heteroatoms. The predicted octanol–water partition coefficient (Wildman–Crippen LogP) is 4.78. The van der Waals surface area contributed by atoms with E-state index < -0.39 is 0 Å². The van der Waals surface area contributed by atoms with Gasteiger partial charge in [-0.2, -0.15) is 5.10 Å². The van der Waals surface area contributed by atoms with Crippen molar-refractivity contribution in [2.24, 2.45) is 0 Å². The second kappa shape index (κ2) is 5.17. The predicted molar refractivity (Wildman–Crippen MR) is 77.1 cm³/mol. The van der Waals surface area contributed by atoms with E-state index in [2.05, 4.69) is 26.1 Å². The van der Waals surface area contributed by atoms with Crippen LogP contribution < -0.4 is 0 Å². The molecule has 2 aromatic carbocycles. The molecule has 0 fully saturated rings. The molecule has 0 atom stereocenters. The molecular weight excluding hydrogens is 326 g/mol. The minimum absolute atomic E-state index is 0.286. The molecule has 0 aliphatic rings. The quantitative estimate of drug-likeness (QED) is 0.717. The molecule has 1 N–H and O–H groups in total. The van der Waals surface area contributed by atoms with Crippen molar-refractivity contribution in [3.05, 3.63) is 64.6 Å². The van der Waals surface area contributed by atoms with E-state index in [1.807, 2.05) is 6.07 Å². The van der Waals surface area contributed by atoms with Crippen LogP contribution in [0.25, 0.3) is 22.5 Å². The second-order valence-corrected chi connectivity index (χ2v) is 5.15. The van der Waals surface area contributed by atoms with Crippen molar-refractivity contribution in [2.45, 2.75) is 0 Å². The molecule has 2 nitrogen and oxygen atoms in total. The maximum Gasteiger partial charge on any atom is 0.124 e. The van der Waals surface area contributed by atoms with Crippen molar-refractivity contribution in [2.75, 3.05) is 0 Å². The summed E-state index contributed by atoms with van der Waals surface area (Å²) in [6.07, 6.45) is 0. The van der Waals surface area contributed by atoms with E-state index in [-0.39, 0.29) is 11.6 Å². The lowest BCUT2D eigenvalue weighted by molar-refractivity contribution is 0.627.